The minimum Gasteiger partial charge on any atom is -0.338 e. The van der Waals surface area contributed by atoms with Gasteiger partial charge in [0.25, 0.3) is 0 Å². The van der Waals surface area contributed by atoms with Gasteiger partial charge in [-0.15, -0.1) is 0 Å². The molecule has 19 heavy (non-hydrogen) atoms. The molecule has 100 valence electrons. The molecular weight excluding hydrogens is 236 g/mol. The van der Waals surface area contributed by atoms with E-state index in [1.165, 1.54) is 5.56 Å². The highest BCUT2D eigenvalue weighted by Crippen LogP contribution is 2.47. The molecule has 1 aromatic rings. The summed E-state index contributed by atoms with van der Waals surface area (Å²) in [5.74, 6) is 0.388. The van der Waals surface area contributed by atoms with Gasteiger partial charge in [-0.25, -0.2) is 0 Å². The molecule has 2 unspecified atom stereocenters. The number of nitrogens with one attached hydrogen (secondary N) is 1. The SMILES string of the molecule is CCC(C#N)(CC)NC(=O)C1CC1c1ccccc1. The maximum Gasteiger partial charge on any atom is 0.224 e. The van der Waals surface area contributed by atoms with E-state index in [0.717, 1.165) is 6.42 Å². The summed E-state index contributed by atoms with van der Waals surface area (Å²) in [6.07, 6.45) is 2.19. The molecule has 3 nitrogen and oxygen atoms in total. The van der Waals surface area contributed by atoms with Gasteiger partial charge in [0.05, 0.1) is 6.07 Å². The molecule has 0 saturated heterocycles. The molecule has 0 heterocycles. The van der Waals surface area contributed by atoms with Crippen molar-refractivity contribution >= 4 is 5.91 Å². The predicted molar refractivity (Wildman–Crippen MR) is 74.4 cm³/mol. The van der Waals surface area contributed by atoms with Gasteiger partial charge in [-0.3, -0.25) is 4.79 Å². The minimum absolute atomic E-state index is 0.0269. The van der Waals surface area contributed by atoms with Crippen molar-refractivity contribution in [2.45, 2.75) is 44.6 Å². The number of hydrogen-bond donors (Lipinski definition) is 1. The second-order valence-electron chi connectivity index (χ2n) is 5.25. The van der Waals surface area contributed by atoms with E-state index >= 15 is 0 Å². The number of carbonyl (C=O) groups excluding carboxylic acids is 1. The van der Waals surface area contributed by atoms with Gasteiger partial charge in [-0.05, 0) is 30.7 Å². The molecule has 1 N–H and O–H groups in total. The lowest BCUT2D eigenvalue weighted by Crippen LogP contribution is -2.47. The zero-order valence-electron chi connectivity index (χ0n) is 11.5. The second kappa shape index (κ2) is 5.44. The fraction of sp³-hybridized carbons (Fsp3) is 0.500. The van der Waals surface area contributed by atoms with E-state index in [1.807, 2.05) is 32.0 Å². The van der Waals surface area contributed by atoms with Crippen molar-refractivity contribution in [2.75, 3.05) is 0 Å². The van der Waals surface area contributed by atoms with Crippen LogP contribution >= 0.6 is 0 Å². The smallest absolute Gasteiger partial charge is 0.224 e. The maximum absolute atomic E-state index is 12.2. The molecule has 1 aromatic carbocycles. The van der Waals surface area contributed by atoms with E-state index in [2.05, 4.69) is 23.5 Å². The Hall–Kier alpha value is -1.82. The van der Waals surface area contributed by atoms with Crippen LogP contribution in [0.2, 0.25) is 0 Å². The Balaban J connectivity index is 1.99. The fourth-order valence-electron chi connectivity index (χ4n) is 2.49. The molecule has 1 fully saturated rings. The quantitative estimate of drug-likeness (QED) is 0.880. The summed E-state index contributed by atoms with van der Waals surface area (Å²) in [5.41, 5.74) is 0.527. The Morgan fingerprint density at radius 3 is 2.53 bits per heavy atom. The van der Waals surface area contributed by atoms with Crippen LogP contribution in [0.25, 0.3) is 0 Å². The molecule has 1 saturated carbocycles. The maximum atomic E-state index is 12.2. The summed E-state index contributed by atoms with van der Waals surface area (Å²) in [6, 6.07) is 12.4. The molecule has 2 atom stereocenters. The molecule has 2 rings (SSSR count). The lowest BCUT2D eigenvalue weighted by molar-refractivity contribution is -0.123. The number of nitrogens with zero attached hydrogens (tertiary/aromatic N) is 1. The summed E-state index contributed by atoms with van der Waals surface area (Å²) in [6.45, 7) is 3.88. The van der Waals surface area contributed by atoms with Crippen LogP contribution in [-0.2, 0) is 4.79 Å². The lowest BCUT2D eigenvalue weighted by atomic mass is 9.94. The monoisotopic (exact) mass is 256 g/mol. The van der Waals surface area contributed by atoms with E-state index in [9.17, 15) is 10.1 Å². The van der Waals surface area contributed by atoms with E-state index in [4.69, 9.17) is 0 Å². The molecule has 1 aliphatic carbocycles. The summed E-state index contributed by atoms with van der Waals surface area (Å²) in [5, 5.41) is 12.2. The van der Waals surface area contributed by atoms with Crippen LogP contribution in [0.5, 0.6) is 0 Å². The number of rotatable bonds is 5. The van der Waals surface area contributed by atoms with E-state index < -0.39 is 5.54 Å². The molecule has 3 heteroatoms. The normalized spacial score (nSPS) is 21.5. The molecule has 0 radical (unpaired) electrons. The van der Waals surface area contributed by atoms with Gasteiger partial charge in [0.15, 0.2) is 0 Å². The highest BCUT2D eigenvalue weighted by molar-refractivity contribution is 5.84. The average Bonchev–Trinajstić information content (AvgIpc) is 3.26. The number of benzene rings is 1. The average molecular weight is 256 g/mol. The van der Waals surface area contributed by atoms with E-state index in [1.54, 1.807) is 0 Å². The summed E-state index contributed by atoms with van der Waals surface area (Å²) < 4.78 is 0. The Bertz CT molecular complexity index is 485. The summed E-state index contributed by atoms with van der Waals surface area (Å²) in [7, 11) is 0. The summed E-state index contributed by atoms with van der Waals surface area (Å²) in [4.78, 5) is 12.2. The topological polar surface area (TPSA) is 52.9 Å². The molecule has 1 aliphatic rings. The van der Waals surface area contributed by atoms with Crippen molar-refractivity contribution in [3.63, 3.8) is 0 Å². The highest BCUT2D eigenvalue weighted by Gasteiger charge is 2.45. The number of hydrogen-bond acceptors (Lipinski definition) is 2. The van der Waals surface area contributed by atoms with Crippen LogP contribution in [0.1, 0.15) is 44.6 Å². The molecular formula is C16H20N2O. The third-order valence-corrected chi connectivity index (χ3v) is 4.14. The first-order valence-electron chi connectivity index (χ1n) is 6.94. The van der Waals surface area contributed by atoms with E-state index in [0.29, 0.717) is 18.8 Å². The van der Waals surface area contributed by atoms with Crippen LogP contribution in [0.15, 0.2) is 30.3 Å². The number of nitriles is 1. The van der Waals surface area contributed by atoms with Crippen molar-refractivity contribution in [2.24, 2.45) is 5.92 Å². The van der Waals surface area contributed by atoms with Crippen molar-refractivity contribution in [3.05, 3.63) is 35.9 Å². The molecule has 0 aromatic heterocycles. The minimum atomic E-state index is -0.694. The van der Waals surface area contributed by atoms with Gasteiger partial charge >= 0.3 is 0 Å². The van der Waals surface area contributed by atoms with Crippen LogP contribution in [0.3, 0.4) is 0 Å². The van der Waals surface area contributed by atoms with Gasteiger partial charge in [0.2, 0.25) is 5.91 Å². The second-order valence-corrected chi connectivity index (χ2v) is 5.25. The highest BCUT2D eigenvalue weighted by atomic mass is 16.2. The van der Waals surface area contributed by atoms with Crippen LogP contribution in [-0.4, -0.2) is 11.4 Å². The Morgan fingerprint density at radius 2 is 2.00 bits per heavy atom. The Morgan fingerprint density at radius 1 is 1.37 bits per heavy atom. The van der Waals surface area contributed by atoms with Gasteiger partial charge in [-0.1, -0.05) is 44.2 Å². The molecule has 0 spiro atoms. The third-order valence-electron chi connectivity index (χ3n) is 4.14. The van der Waals surface area contributed by atoms with Crippen molar-refractivity contribution < 1.29 is 4.79 Å². The van der Waals surface area contributed by atoms with Crippen LogP contribution < -0.4 is 5.32 Å². The Labute approximate surface area is 114 Å². The van der Waals surface area contributed by atoms with Crippen molar-refractivity contribution in [1.29, 1.82) is 5.26 Å². The predicted octanol–water partition coefficient (Wildman–Crippen LogP) is 2.99. The van der Waals surface area contributed by atoms with Crippen LogP contribution in [0, 0.1) is 17.2 Å². The molecule has 1 amide bonds. The number of carbonyl (C=O) groups is 1. The van der Waals surface area contributed by atoms with Gasteiger partial charge in [-0.2, -0.15) is 5.26 Å². The zero-order chi connectivity index (χ0) is 13.9. The fourth-order valence-corrected chi connectivity index (χ4v) is 2.49. The Kier molecular flexibility index (Phi) is 3.90. The zero-order valence-corrected chi connectivity index (χ0v) is 11.5. The third kappa shape index (κ3) is 2.78. The summed E-state index contributed by atoms with van der Waals surface area (Å²) >= 11 is 0. The largest absolute Gasteiger partial charge is 0.338 e. The van der Waals surface area contributed by atoms with Gasteiger partial charge in [0, 0.05) is 5.92 Å². The first-order valence-corrected chi connectivity index (χ1v) is 6.94. The molecule has 0 bridgehead atoms. The first kappa shape index (κ1) is 13.6. The van der Waals surface area contributed by atoms with Crippen molar-refractivity contribution in [1.82, 2.24) is 5.32 Å². The van der Waals surface area contributed by atoms with Gasteiger partial charge < -0.3 is 5.32 Å². The first-order chi connectivity index (χ1) is 9.15. The van der Waals surface area contributed by atoms with Crippen LogP contribution in [0.4, 0.5) is 0 Å². The lowest BCUT2D eigenvalue weighted by Gasteiger charge is -2.25. The van der Waals surface area contributed by atoms with Crippen molar-refractivity contribution in [3.8, 4) is 6.07 Å². The van der Waals surface area contributed by atoms with E-state index in [-0.39, 0.29) is 11.8 Å². The standard InChI is InChI=1S/C16H20N2O/c1-3-16(4-2,11-17)18-15(19)14-10-13(14)12-8-6-5-7-9-12/h5-9,13-14H,3-4,10H2,1-2H3,(H,18,19). The molecule has 0 aliphatic heterocycles. The van der Waals surface area contributed by atoms with Gasteiger partial charge in [0.1, 0.15) is 5.54 Å². The number of amides is 1.